The fourth-order valence-electron chi connectivity index (χ4n) is 2.44. The topological polar surface area (TPSA) is 66.5 Å². The van der Waals surface area contributed by atoms with Crippen LogP contribution < -0.4 is 10.2 Å². The Bertz CT molecular complexity index is 837. The lowest BCUT2D eigenvalue weighted by Gasteiger charge is -2.15. The number of nitrogens with zero attached hydrogens (tertiary/aromatic N) is 1. The maximum Gasteiger partial charge on any atom is 0.255 e. The summed E-state index contributed by atoms with van der Waals surface area (Å²) >= 11 is 5.67. The zero-order valence-electron chi connectivity index (χ0n) is 12.4. The van der Waals surface area contributed by atoms with Crippen LogP contribution >= 0.6 is 11.6 Å². The smallest absolute Gasteiger partial charge is 0.255 e. The molecule has 1 heterocycles. The number of carbonyl (C=O) groups is 3. The van der Waals surface area contributed by atoms with Crippen molar-refractivity contribution >= 4 is 40.7 Å². The van der Waals surface area contributed by atoms with Gasteiger partial charge in [-0.15, -0.1) is 0 Å². The molecular weight excluding hydrogens is 335 g/mol. The second kappa shape index (κ2) is 6.41. The van der Waals surface area contributed by atoms with E-state index in [9.17, 15) is 18.8 Å². The first-order valence-electron chi connectivity index (χ1n) is 7.18. The van der Waals surface area contributed by atoms with E-state index in [4.69, 9.17) is 11.6 Å². The van der Waals surface area contributed by atoms with Gasteiger partial charge >= 0.3 is 0 Å². The van der Waals surface area contributed by atoms with Gasteiger partial charge in [-0.1, -0.05) is 17.7 Å². The molecule has 1 N–H and O–H groups in total. The van der Waals surface area contributed by atoms with E-state index >= 15 is 0 Å². The molecule has 2 aromatic rings. The Kier molecular flexibility index (Phi) is 4.31. The Balaban J connectivity index is 1.84. The summed E-state index contributed by atoms with van der Waals surface area (Å²) in [5.74, 6) is -1.82. The highest BCUT2D eigenvalue weighted by atomic mass is 35.5. The Morgan fingerprint density at radius 1 is 1.08 bits per heavy atom. The van der Waals surface area contributed by atoms with Crippen molar-refractivity contribution in [3.8, 4) is 0 Å². The molecular formula is C17H12ClFN2O3. The SMILES string of the molecule is O=C(Nc1ccc(Cl)cc1F)c1cccc(N2C(=O)CCC2=O)c1. The van der Waals surface area contributed by atoms with Crippen LogP contribution in [0, 0.1) is 5.82 Å². The van der Waals surface area contributed by atoms with Gasteiger partial charge in [0.15, 0.2) is 0 Å². The Hall–Kier alpha value is -2.73. The third kappa shape index (κ3) is 3.14. The van der Waals surface area contributed by atoms with Gasteiger partial charge in [0, 0.05) is 23.4 Å². The molecule has 0 aliphatic carbocycles. The van der Waals surface area contributed by atoms with E-state index in [1.807, 2.05) is 0 Å². The molecule has 1 aliphatic rings. The monoisotopic (exact) mass is 346 g/mol. The number of rotatable bonds is 3. The lowest BCUT2D eigenvalue weighted by Crippen LogP contribution is -2.28. The molecule has 0 atom stereocenters. The number of imide groups is 1. The molecule has 0 aromatic heterocycles. The summed E-state index contributed by atoms with van der Waals surface area (Å²) in [5, 5.41) is 2.65. The Morgan fingerprint density at radius 2 is 1.79 bits per heavy atom. The molecule has 0 bridgehead atoms. The first-order valence-corrected chi connectivity index (χ1v) is 7.56. The molecule has 3 rings (SSSR count). The van der Waals surface area contributed by atoms with Crippen LogP contribution in [0.3, 0.4) is 0 Å². The summed E-state index contributed by atoms with van der Waals surface area (Å²) in [6, 6.07) is 9.96. The van der Waals surface area contributed by atoms with Gasteiger partial charge in [-0.05, 0) is 36.4 Å². The third-order valence-electron chi connectivity index (χ3n) is 3.60. The average molecular weight is 347 g/mol. The molecule has 7 heteroatoms. The van der Waals surface area contributed by atoms with Crippen molar-refractivity contribution in [2.24, 2.45) is 0 Å². The van der Waals surface area contributed by atoms with Gasteiger partial charge in [-0.25, -0.2) is 4.39 Å². The molecule has 1 saturated heterocycles. The standard InChI is InChI=1S/C17H12ClFN2O3/c18-11-4-5-14(13(19)9-11)20-17(24)10-2-1-3-12(8-10)21-15(22)6-7-16(21)23/h1-5,8-9H,6-7H2,(H,20,24). The first-order chi connectivity index (χ1) is 11.5. The Morgan fingerprint density at radius 3 is 2.46 bits per heavy atom. The zero-order chi connectivity index (χ0) is 17.3. The molecule has 1 aliphatic heterocycles. The van der Waals surface area contributed by atoms with Gasteiger partial charge in [0.25, 0.3) is 5.91 Å². The van der Waals surface area contributed by atoms with Crippen LogP contribution in [-0.2, 0) is 9.59 Å². The first kappa shape index (κ1) is 16.1. The van der Waals surface area contributed by atoms with E-state index in [1.165, 1.54) is 24.3 Å². The third-order valence-corrected chi connectivity index (χ3v) is 3.83. The molecule has 24 heavy (non-hydrogen) atoms. The number of hydrogen-bond acceptors (Lipinski definition) is 3. The van der Waals surface area contributed by atoms with Crippen molar-refractivity contribution in [3.63, 3.8) is 0 Å². The molecule has 1 fully saturated rings. The highest BCUT2D eigenvalue weighted by Gasteiger charge is 2.30. The van der Waals surface area contributed by atoms with Crippen molar-refractivity contribution in [1.29, 1.82) is 0 Å². The summed E-state index contributed by atoms with van der Waals surface area (Å²) in [6.07, 6.45) is 0.316. The highest BCUT2D eigenvalue weighted by Crippen LogP contribution is 2.24. The maximum absolute atomic E-state index is 13.8. The minimum absolute atomic E-state index is 0.0110. The van der Waals surface area contributed by atoms with Crippen molar-refractivity contribution < 1.29 is 18.8 Å². The van der Waals surface area contributed by atoms with Gasteiger partial charge in [0.05, 0.1) is 11.4 Å². The zero-order valence-corrected chi connectivity index (χ0v) is 13.1. The summed E-state index contributed by atoms with van der Waals surface area (Å²) in [7, 11) is 0. The average Bonchev–Trinajstić information content (AvgIpc) is 2.89. The number of hydrogen-bond donors (Lipinski definition) is 1. The molecule has 0 radical (unpaired) electrons. The van der Waals surface area contributed by atoms with Crippen LogP contribution in [0.1, 0.15) is 23.2 Å². The quantitative estimate of drug-likeness (QED) is 0.866. The molecule has 5 nitrogen and oxygen atoms in total. The van der Waals surface area contributed by atoms with Crippen LogP contribution in [0.2, 0.25) is 5.02 Å². The van der Waals surface area contributed by atoms with E-state index < -0.39 is 11.7 Å². The van der Waals surface area contributed by atoms with Gasteiger partial charge in [-0.2, -0.15) is 0 Å². The van der Waals surface area contributed by atoms with Crippen LogP contribution in [-0.4, -0.2) is 17.7 Å². The van der Waals surface area contributed by atoms with Gasteiger partial charge in [-0.3, -0.25) is 19.3 Å². The predicted molar refractivity (Wildman–Crippen MR) is 87.5 cm³/mol. The highest BCUT2D eigenvalue weighted by molar-refractivity contribution is 6.30. The second-order valence-corrected chi connectivity index (χ2v) is 5.69. The lowest BCUT2D eigenvalue weighted by molar-refractivity contribution is -0.121. The number of carbonyl (C=O) groups excluding carboxylic acids is 3. The van der Waals surface area contributed by atoms with Crippen molar-refractivity contribution in [2.75, 3.05) is 10.2 Å². The van der Waals surface area contributed by atoms with E-state index in [0.29, 0.717) is 5.69 Å². The summed E-state index contributed by atoms with van der Waals surface area (Å²) in [5.41, 5.74) is 0.518. The van der Waals surface area contributed by atoms with Crippen LogP contribution in [0.15, 0.2) is 42.5 Å². The van der Waals surface area contributed by atoms with E-state index in [0.717, 1.165) is 11.0 Å². The lowest BCUT2D eigenvalue weighted by atomic mass is 10.1. The summed E-state index contributed by atoms with van der Waals surface area (Å²) in [6.45, 7) is 0. The number of nitrogens with one attached hydrogen (secondary N) is 1. The van der Waals surface area contributed by atoms with Gasteiger partial charge in [0.1, 0.15) is 5.82 Å². The second-order valence-electron chi connectivity index (χ2n) is 5.25. The molecule has 122 valence electrons. The van der Waals surface area contributed by atoms with Gasteiger partial charge < -0.3 is 5.32 Å². The maximum atomic E-state index is 13.8. The van der Waals surface area contributed by atoms with Gasteiger partial charge in [0.2, 0.25) is 11.8 Å². The van der Waals surface area contributed by atoms with Crippen molar-refractivity contribution in [1.82, 2.24) is 0 Å². The van der Waals surface area contributed by atoms with Crippen LogP contribution in [0.5, 0.6) is 0 Å². The normalized spacial score (nSPS) is 14.2. The predicted octanol–water partition coefficient (Wildman–Crippen LogP) is 3.38. The molecule has 0 unspecified atom stereocenters. The van der Waals surface area contributed by atoms with Crippen LogP contribution in [0.4, 0.5) is 15.8 Å². The number of halogens is 2. The molecule has 0 saturated carbocycles. The molecule has 3 amide bonds. The van der Waals surface area contributed by atoms with E-state index in [2.05, 4.69) is 5.32 Å². The molecule has 0 spiro atoms. The fraction of sp³-hybridized carbons (Fsp3) is 0.118. The van der Waals surface area contributed by atoms with E-state index in [-0.39, 0.29) is 40.9 Å². The summed E-state index contributed by atoms with van der Waals surface area (Å²) in [4.78, 5) is 36.9. The van der Waals surface area contributed by atoms with Crippen molar-refractivity contribution in [2.45, 2.75) is 12.8 Å². The van der Waals surface area contributed by atoms with Crippen LogP contribution in [0.25, 0.3) is 0 Å². The van der Waals surface area contributed by atoms with Crippen molar-refractivity contribution in [3.05, 3.63) is 58.9 Å². The number of anilines is 2. The minimum atomic E-state index is -0.656. The largest absolute Gasteiger partial charge is 0.319 e. The number of benzene rings is 2. The van der Waals surface area contributed by atoms with E-state index in [1.54, 1.807) is 12.1 Å². The fourth-order valence-corrected chi connectivity index (χ4v) is 2.59. The minimum Gasteiger partial charge on any atom is -0.319 e. The summed E-state index contributed by atoms with van der Waals surface area (Å²) < 4.78 is 13.8. The Labute approximate surface area is 142 Å². The number of amides is 3. The molecule has 2 aromatic carbocycles.